The molecule has 5 aliphatic rings. The lowest BCUT2D eigenvalue weighted by Gasteiger charge is -2.46. The Morgan fingerprint density at radius 3 is 2.44 bits per heavy atom. The Labute approximate surface area is 300 Å². The smallest absolute Gasteiger partial charge is 0.316 e. The van der Waals surface area contributed by atoms with Crippen LogP contribution in [0.5, 0.6) is 17.2 Å². The Bertz CT molecular complexity index is 1900. The number of benzene rings is 2. The summed E-state index contributed by atoms with van der Waals surface area (Å²) >= 11 is 0. The first kappa shape index (κ1) is 35.8. The minimum absolute atomic E-state index is 0.0187. The molecule has 0 aromatic heterocycles. The minimum atomic E-state index is -2.45. The van der Waals surface area contributed by atoms with Gasteiger partial charge in [0.25, 0.3) is 0 Å². The molecule has 0 spiro atoms. The van der Waals surface area contributed by atoms with Crippen LogP contribution in [0.2, 0.25) is 0 Å². The molecule has 2 saturated carbocycles. The molecular weight excluding hydrogens is 674 g/mol. The summed E-state index contributed by atoms with van der Waals surface area (Å²) in [4.78, 5) is 69.3. The van der Waals surface area contributed by atoms with Gasteiger partial charge in [-0.25, -0.2) is 0 Å². The molecule has 5 unspecified atom stereocenters. The van der Waals surface area contributed by atoms with Crippen LogP contribution in [0.15, 0.2) is 30.5 Å². The number of aromatic hydroxyl groups is 2. The van der Waals surface area contributed by atoms with Gasteiger partial charge in [-0.3, -0.25) is 24.0 Å². The van der Waals surface area contributed by atoms with Crippen LogP contribution in [0.4, 0.5) is 0 Å². The average molecular weight is 718 g/mol. The highest BCUT2D eigenvalue weighted by atomic mass is 16.5. The Kier molecular flexibility index (Phi) is 9.25. The first-order valence-electron chi connectivity index (χ1n) is 17.9. The monoisotopic (exact) mass is 717 g/mol. The van der Waals surface area contributed by atoms with Crippen molar-refractivity contribution in [2.45, 2.75) is 88.7 Å². The van der Waals surface area contributed by atoms with Crippen molar-refractivity contribution in [1.82, 2.24) is 4.90 Å². The van der Waals surface area contributed by atoms with E-state index >= 15 is 0 Å². The van der Waals surface area contributed by atoms with Crippen molar-refractivity contribution in [2.75, 3.05) is 20.3 Å². The van der Waals surface area contributed by atoms with Crippen LogP contribution in [0.1, 0.15) is 101 Å². The van der Waals surface area contributed by atoms with Crippen LogP contribution in [-0.2, 0) is 30.3 Å². The number of hydrogen-bond acceptors (Lipinski definition) is 13. The van der Waals surface area contributed by atoms with Crippen molar-refractivity contribution < 1.29 is 58.6 Å². The number of fused-ring (bicyclic) bond motifs is 3. The summed E-state index contributed by atoms with van der Waals surface area (Å²) in [5, 5.41) is 47.2. The van der Waals surface area contributed by atoms with Crippen LogP contribution in [0.25, 0.3) is 0 Å². The molecule has 1 aliphatic heterocycles. The SMILES string of the molecule is COc1cccc2c1C(=O)c1c(O)c3c(c(O)c1C2=O)CC[C@](O)(C(=O)COC(=O)C(C)C(=O)C1CC1)[C@H]3OC1CC(C)C(O)C(N2C=CCC2)C1. The number of ether oxygens (including phenoxy) is 3. The zero-order chi connectivity index (χ0) is 37.2. The van der Waals surface area contributed by atoms with Gasteiger partial charge in [0.05, 0.1) is 42.0 Å². The summed E-state index contributed by atoms with van der Waals surface area (Å²) in [5.41, 5.74) is -3.72. The molecule has 7 rings (SSSR count). The van der Waals surface area contributed by atoms with Gasteiger partial charge >= 0.3 is 5.97 Å². The number of methoxy groups -OCH3 is 1. The lowest BCUT2D eigenvalue weighted by Crippen LogP contribution is -2.54. The molecular formula is C39H43NO12. The highest BCUT2D eigenvalue weighted by molar-refractivity contribution is 6.31. The van der Waals surface area contributed by atoms with Gasteiger partial charge in [0, 0.05) is 29.2 Å². The largest absolute Gasteiger partial charge is 0.507 e. The number of phenols is 2. The van der Waals surface area contributed by atoms with Crippen LogP contribution < -0.4 is 4.74 Å². The van der Waals surface area contributed by atoms with Gasteiger partial charge in [-0.05, 0) is 70.1 Å². The van der Waals surface area contributed by atoms with Gasteiger partial charge in [0.1, 0.15) is 35.1 Å². The third-order valence-corrected chi connectivity index (χ3v) is 11.5. The molecule has 0 saturated heterocycles. The number of carbonyl (C=O) groups excluding carboxylic acids is 5. The fourth-order valence-corrected chi connectivity index (χ4v) is 8.39. The Morgan fingerprint density at radius 1 is 1.04 bits per heavy atom. The van der Waals surface area contributed by atoms with Gasteiger partial charge < -0.3 is 39.5 Å². The topological polar surface area (TPSA) is 197 Å². The first-order chi connectivity index (χ1) is 24.8. The van der Waals surface area contributed by atoms with Gasteiger partial charge in [0.15, 0.2) is 18.0 Å². The standard InChI is InChI=1S/C39H43NO12/c1-18-15-21(16-24(31(18)42)40-13-4-5-14-40)52-37-28-23(11-12-39(37,49)26(41)17-51-38(48)19(2)32(43)20-9-10-20)34(45)29-30(36(28)47)35(46)27-22(33(29)44)7-6-8-25(27)50-3/h4,6-8,13,18-21,24,31,37,42,45,47,49H,5,9-12,14-17H2,1-3H3/t18?,19?,21?,24?,31?,37-,39-/m0/s1. The van der Waals surface area contributed by atoms with Gasteiger partial charge in [0.2, 0.25) is 11.6 Å². The number of phenolic OH excluding ortho intramolecular Hbond substituents is 2. The van der Waals surface area contributed by atoms with Crippen molar-refractivity contribution in [3.8, 4) is 17.2 Å². The van der Waals surface area contributed by atoms with Crippen LogP contribution in [-0.4, -0.2) is 98.5 Å². The van der Waals surface area contributed by atoms with E-state index in [1.165, 1.54) is 32.2 Å². The number of nitrogens with zero attached hydrogens (tertiary/aromatic N) is 1. The second-order valence-electron chi connectivity index (χ2n) is 14.8. The molecule has 2 aromatic rings. The molecule has 276 valence electrons. The maximum atomic E-state index is 14.1. The molecule has 0 bridgehead atoms. The number of rotatable bonds is 10. The number of Topliss-reactive ketones (excluding diaryl/α,β-unsaturated/α-hetero) is 2. The molecule has 1 heterocycles. The summed E-state index contributed by atoms with van der Waals surface area (Å²) in [6, 6.07) is 4.07. The quantitative estimate of drug-likeness (QED) is 0.136. The van der Waals surface area contributed by atoms with E-state index in [1.807, 2.05) is 24.1 Å². The van der Waals surface area contributed by atoms with Gasteiger partial charge in [-0.2, -0.15) is 0 Å². The lowest BCUT2D eigenvalue weighted by molar-refractivity contribution is -0.185. The molecule has 4 N–H and O–H groups in total. The fraction of sp³-hybridized carbons (Fsp3) is 0.513. The van der Waals surface area contributed by atoms with E-state index in [0.717, 1.165) is 6.42 Å². The van der Waals surface area contributed by atoms with Crippen molar-refractivity contribution in [1.29, 1.82) is 0 Å². The Hall–Kier alpha value is -4.59. The molecule has 52 heavy (non-hydrogen) atoms. The lowest BCUT2D eigenvalue weighted by atomic mass is 9.71. The highest BCUT2D eigenvalue weighted by Gasteiger charge is 2.54. The minimum Gasteiger partial charge on any atom is -0.507 e. The highest BCUT2D eigenvalue weighted by Crippen LogP contribution is 2.54. The molecule has 2 aromatic carbocycles. The predicted molar refractivity (Wildman–Crippen MR) is 182 cm³/mol. The van der Waals surface area contributed by atoms with Gasteiger partial charge in [-0.1, -0.05) is 25.1 Å². The third-order valence-electron chi connectivity index (χ3n) is 11.5. The van der Waals surface area contributed by atoms with E-state index in [-0.39, 0.29) is 70.9 Å². The number of carbonyl (C=O) groups is 5. The van der Waals surface area contributed by atoms with Crippen molar-refractivity contribution in [3.63, 3.8) is 0 Å². The molecule has 13 heteroatoms. The Balaban J connectivity index is 1.29. The average Bonchev–Trinajstić information content (AvgIpc) is 3.85. The normalized spacial score (nSPS) is 28.5. The first-order valence-corrected chi connectivity index (χ1v) is 17.9. The second-order valence-corrected chi connectivity index (χ2v) is 14.8. The van der Waals surface area contributed by atoms with Gasteiger partial charge in [-0.15, -0.1) is 0 Å². The molecule has 0 radical (unpaired) electrons. The van der Waals surface area contributed by atoms with Crippen molar-refractivity contribution in [3.05, 3.63) is 63.9 Å². The number of aliphatic hydroxyl groups excluding tert-OH is 1. The van der Waals surface area contributed by atoms with Crippen molar-refractivity contribution >= 4 is 29.1 Å². The molecule has 4 aliphatic carbocycles. The van der Waals surface area contributed by atoms with E-state index in [4.69, 9.17) is 14.2 Å². The van der Waals surface area contributed by atoms with E-state index in [2.05, 4.69) is 0 Å². The zero-order valence-corrected chi connectivity index (χ0v) is 29.3. The van der Waals surface area contributed by atoms with Crippen LogP contribution in [0.3, 0.4) is 0 Å². The van der Waals surface area contributed by atoms with Crippen molar-refractivity contribution in [2.24, 2.45) is 17.8 Å². The molecule has 7 atom stereocenters. The van der Waals surface area contributed by atoms with E-state index in [0.29, 0.717) is 25.8 Å². The van der Waals surface area contributed by atoms with E-state index in [9.17, 15) is 44.4 Å². The number of esters is 1. The zero-order valence-electron chi connectivity index (χ0n) is 29.3. The number of hydrogen-bond donors (Lipinski definition) is 4. The predicted octanol–water partition coefficient (Wildman–Crippen LogP) is 3.09. The second kappa shape index (κ2) is 13.4. The fourth-order valence-electron chi connectivity index (χ4n) is 8.39. The Morgan fingerprint density at radius 2 is 1.77 bits per heavy atom. The summed E-state index contributed by atoms with van der Waals surface area (Å²) in [7, 11) is 1.32. The summed E-state index contributed by atoms with van der Waals surface area (Å²) in [6.07, 6.45) is 2.98. The van der Waals surface area contributed by atoms with Crippen LogP contribution >= 0.6 is 0 Å². The molecule has 0 amide bonds. The van der Waals surface area contributed by atoms with Crippen LogP contribution in [0, 0.1) is 17.8 Å². The summed E-state index contributed by atoms with van der Waals surface area (Å²) in [6.45, 7) is 3.04. The number of ketones is 4. The third kappa shape index (κ3) is 5.79. The maximum absolute atomic E-state index is 14.1. The molecule has 13 nitrogen and oxygen atoms in total. The number of aliphatic hydroxyl groups is 2. The van der Waals surface area contributed by atoms with E-state index < -0.39 is 82.4 Å². The molecule has 2 fully saturated rings. The maximum Gasteiger partial charge on any atom is 0.316 e. The summed E-state index contributed by atoms with van der Waals surface area (Å²) in [5.74, 6) is -6.52. The summed E-state index contributed by atoms with van der Waals surface area (Å²) < 4.78 is 17.3. The van der Waals surface area contributed by atoms with E-state index in [1.54, 1.807) is 0 Å².